The lowest BCUT2D eigenvalue weighted by Gasteiger charge is -2.12. The van der Waals surface area contributed by atoms with Gasteiger partial charge < -0.3 is 14.9 Å². The van der Waals surface area contributed by atoms with Gasteiger partial charge in [-0.1, -0.05) is 6.92 Å². The van der Waals surface area contributed by atoms with Gasteiger partial charge in [0.2, 0.25) is 0 Å². The van der Waals surface area contributed by atoms with Crippen LogP contribution in [0.1, 0.15) is 25.0 Å². The van der Waals surface area contributed by atoms with Gasteiger partial charge in [-0.25, -0.2) is 4.79 Å². The Hall–Kier alpha value is -1.97. The van der Waals surface area contributed by atoms with Crippen LogP contribution in [0.5, 0.6) is 11.5 Å². The smallest absolute Gasteiger partial charge is 0.328 e. The maximum atomic E-state index is 10.6. The van der Waals surface area contributed by atoms with Crippen molar-refractivity contribution < 1.29 is 19.7 Å². The van der Waals surface area contributed by atoms with Crippen LogP contribution >= 0.6 is 0 Å². The number of carbonyl (C=O) groups is 1. The Morgan fingerprint density at radius 1 is 1.47 bits per heavy atom. The van der Waals surface area contributed by atoms with E-state index in [2.05, 4.69) is 0 Å². The minimum Gasteiger partial charge on any atom is -0.507 e. The third-order valence-corrected chi connectivity index (χ3v) is 2.58. The summed E-state index contributed by atoms with van der Waals surface area (Å²) in [5.41, 5.74) is 1.71. The molecule has 1 rings (SSSR count). The number of allylic oxidation sites excluding steroid dienone is 1. The normalized spacial score (nSPS) is 11.4. The fourth-order valence-electron chi connectivity index (χ4n) is 1.73. The van der Waals surface area contributed by atoms with Crippen LogP contribution in [0, 0.1) is 0 Å². The Labute approximate surface area is 100 Å². The molecule has 0 aliphatic rings. The molecule has 0 heterocycles. The van der Waals surface area contributed by atoms with E-state index in [1.165, 1.54) is 7.11 Å². The lowest BCUT2D eigenvalue weighted by Crippen LogP contribution is -1.95. The second-order valence-corrected chi connectivity index (χ2v) is 3.66. The van der Waals surface area contributed by atoms with Crippen LogP contribution in [0.25, 0.3) is 5.57 Å². The highest BCUT2D eigenvalue weighted by molar-refractivity contribution is 5.90. The van der Waals surface area contributed by atoms with Gasteiger partial charge in [-0.05, 0) is 31.1 Å². The van der Waals surface area contributed by atoms with Gasteiger partial charge in [0, 0.05) is 17.2 Å². The lowest BCUT2D eigenvalue weighted by molar-refractivity contribution is -0.131. The van der Waals surface area contributed by atoms with Crippen molar-refractivity contribution in [1.82, 2.24) is 0 Å². The summed E-state index contributed by atoms with van der Waals surface area (Å²) >= 11 is 0. The van der Waals surface area contributed by atoms with Gasteiger partial charge in [-0.2, -0.15) is 0 Å². The van der Waals surface area contributed by atoms with E-state index in [4.69, 9.17) is 9.84 Å². The predicted octanol–water partition coefficient (Wildman–Crippen LogP) is 2.45. The number of ether oxygens (including phenoxy) is 1. The predicted molar refractivity (Wildman–Crippen MR) is 65.3 cm³/mol. The Bertz CT molecular complexity index is 461. The highest BCUT2D eigenvalue weighted by Gasteiger charge is 2.13. The SMILES string of the molecule is CCc1c(OC)ccc(C(C)=CC(=O)O)c1O. The Balaban J connectivity index is 3.33. The molecule has 0 radical (unpaired) electrons. The van der Waals surface area contributed by atoms with E-state index in [0.717, 1.165) is 6.08 Å². The van der Waals surface area contributed by atoms with Crippen molar-refractivity contribution in [3.63, 3.8) is 0 Å². The van der Waals surface area contributed by atoms with Crippen LogP contribution < -0.4 is 4.74 Å². The van der Waals surface area contributed by atoms with E-state index in [1.807, 2.05) is 6.92 Å². The molecule has 0 aliphatic carbocycles. The average Bonchev–Trinajstić information content (AvgIpc) is 2.27. The second-order valence-electron chi connectivity index (χ2n) is 3.66. The number of carboxylic acid groups (broad SMARTS) is 1. The average molecular weight is 236 g/mol. The zero-order chi connectivity index (χ0) is 13.0. The summed E-state index contributed by atoms with van der Waals surface area (Å²) in [5, 5.41) is 18.8. The van der Waals surface area contributed by atoms with Crippen LogP contribution in [0.15, 0.2) is 18.2 Å². The monoisotopic (exact) mass is 236 g/mol. The number of aliphatic carboxylic acids is 1. The summed E-state index contributed by atoms with van der Waals surface area (Å²) in [6.45, 7) is 3.55. The van der Waals surface area contributed by atoms with E-state index in [0.29, 0.717) is 28.9 Å². The standard InChI is InChI=1S/C13H16O4/c1-4-9-11(17-3)6-5-10(13(9)16)8(2)7-12(14)15/h5-7,16H,4H2,1-3H3,(H,14,15). The number of carboxylic acids is 1. The number of aromatic hydroxyl groups is 1. The highest BCUT2D eigenvalue weighted by atomic mass is 16.5. The first kappa shape index (κ1) is 13.1. The molecular formula is C13H16O4. The Morgan fingerprint density at radius 3 is 2.59 bits per heavy atom. The van der Waals surface area contributed by atoms with Gasteiger partial charge in [-0.3, -0.25) is 0 Å². The van der Waals surface area contributed by atoms with Crippen LogP contribution in [-0.2, 0) is 11.2 Å². The van der Waals surface area contributed by atoms with E-state index in [1.54, 1.807) is 19.1 Å². The summed E-state index contributed by atoms with van der Waals surface area (Å²) in [5.74, 6) is -0.338. The minimum absolute atomic E-state index is 0.0850. The van der Waals surface area contributed by atoms with Gasteiger partial charge in [0.05, 0.1) is 7.11 Å². The first-order valence-corrected chi connectivity index (χ1v) is 5.31. The summed E-state index contributed by atoms with van der Waals surface area (Å²) in [6.07, 6.45) is 1.68. The van der Waals surface area contributed by atoms with Crippen LogP contribution in [0.2, 0.25) is 0 Å². The maximum absolute atomic E-state index is 10.6. The molecule has 0 atom stereocenters. The quantitative estimate of drug-likeness (QED) is 0.788. The number of methoxy groups -OCH3 is 1. The van der Waals surface area contributed by atoms with E-state index < -0.39 is 5.97 Å². The fraction of sp³-hybridized carbons (Fsp3) is 0.308. The molecule has 0 saturated carbocycles. The van der Waals surface area contributed by atoms with Gasteiger partial charge in [0.1, 0.15) is 11.5 Å². The fourth-order valence-corrected chi connectivity index (χ4v) is 1.73. The Kier molecular flexibility index (Phi) is 4.15. The number of rotatable bonds is 4. The molecule has 1 aromatic rings. The van der Waals surface area contributed by atoms with E-state index in [-0.39, 0.29) is 5.75 Å². The molecule has 0 spiro atoms. The van der Waals surface area contributed by atoms with Crippen molar-refractivity contribution in [3.8, 4) is 11.5 Å². The van der Waals surface area contributed by atoms with E-state index in [9.17, 15) is 9.90 Å². The molecule has 92 valence electrons. The molecular weight excluding hydrogens is 220 g/mol. The third kappa shape index (κ3) is 2.78. The first-order chi connectivity index (χ1) is 8.01. The molecule has 0 bridgehead atoms. The van der Waals surface area contributed by atoms with Crippen molar-refractivity contribution in [2.45, 2.75) is 20.3 Å². The molecule has 17 heavy (non-hydrogen) atoms. The third-order valence-electron chi connectivity index (χ3n) is 2.58. The molecule has 0 saturated heterocycles. The topological polar surface area (TPSA) is 66.8 Å². The van der Waals surface area contributed by atoms with Crippen molar-refractivity contribution in [2.24, 2.45) is 0 Å². The maximum Gasteiger partial charge on any atom is 0.328 e. The first-order valence-electron chi connectivity index (χ1n) is 5.31. The van der Waals surface area contributed by atoms with Crippen molar-refractivity contribution in [1.29, 1.82) is 0 Å². The van der Waals surface area contributed by atoms with Gasteiger partial charge in [-0.15, -0.1) is 0 Å². The second kappa shape index (κ2) is 5.39. The molecule has 4 nitrogen and oxygen atoms in total. The lowest BCUT2D eigenvalue weighted by atomic mass is 10.00. The molecule has 0 unspecified atom stereocenters. The molecule has 2 N–H and O–H groups in total. The van der Waals surface area contributed by atoms with E-state index >= 15 is 0 Å². The van der Waals surface area contributed by atoms with Crippen molar-refractivity contribution in [3.05, 3.63) is 29.3 Å². The summed E-state index contributed by atoms with van der Waals surface area (Å²) in [4.78, 5) is 10.6. The minimum atomic E-state index is -1.03. The zero-order valence-corrected chi connectivity index (χ0v) is 10.2. The number of benzene rings is 1. The molecule has 1 aromatic carbocycles. The van der Waals surface area contributed by atoms with Crippen LogP contribution in [-0.4, -0.2) is 23.3 Å². The molecule has 4 heteroatoms. The van der Waals surface area contributed by atoms with Crippen LogP contribution in [0.4, 0.5) is 0 Å². The number of phenols is 1. The Morgan fingerprint density at radius 2 is 2.12 bits per heavy atom. The summed E-state index contributed by atoms with van der Waals surface area (Å²) in [7, 11) is 1.54. The van der Waals surface area contributed by atoms with Gasteiger partial charge in [0.15, 0.2) is 0 Å². The van der Waals surface area contributed by atoms with Gasteiger partial charge >= 0.3 is 5.97 Å². The largest absolute Gasteiger partial charge is 0.507 e. The number of hydrogen-bond acceptors (Lipinski definition) is 3. The summed E-state index contributed by atoms with van der Waals surface area (Å²) < 4.78 is 5.14. The molecule has 0 aliphatic heterocycles. The number of hydrogen-bond donors (Lipinski definition) is 2. The highest BCUT2D eigenvalue weighted by Crippen LogP contribution is 2.35. The molecule has 0 aromatic heterocycles. The number of phenolic OH excluding ortho intramolecular Hbond substituents is 1. The van der Waals surface area contributed by atoms with Crippen molar-refractivity contribution in [2.75, 3.05) is 7.11 Å². The van der Waals surface area contributed by atoms with Gasteiger partial charge in [0.25, 0.3) is 0 Å². The molecule has 0 fully saturated rings. The molecule has 0 amide bonds. The van der Waals surface area contributed by atoms with Crippen molar-refractivity contribution >= 4 is 11.5 Å². The van der Waals surface area contributed by atoms with Crippen LogP contribution in [0.3, 0.4) is 0 Å². The summed E-state index contributed by atoms with van der Waals surface area (Å²) in [6, 6.07) is 3.38. The zero-order valence-electron chi connectivity index (χ0n) is 10.2.